The van der Waals surface area contributed by atoms with Crippen LogP contribution in [-0.4, -0.2) is 130 Å². The molecule has 286 valence electrons. The normalized spacial score (nSPS) is 15.0. The third-order valence-corrected chi connectivity index (χ3v) is 7.33. The van der Waals surface area contributed by atoms with Gasteiger partial charge in [0.1, 0.15) is 5.82 Å². The molecule has 0 saturated carbocycles. The Bertz CT molecular complexity index is 2210. The number of aromatic amines is 2. The zero-order chi connectivity index (χ0) is 38.8. The van der Waals surface area contributed by atoms with E-state index >= 15 is 0 Å². The highest BCUT2D eigenvalue weighted by atomic mass is 15.7. The van der Waals surface area contributed by atoms with Crippen molar-refractivity contribution in [3.63, 3.8) is 0 Å². The van der Waals surface area contributed by atoms with Crippen LogP contribution >= 0.6 is 0 Å². The number of azo groups is 5. The summed E-state index contributed by atoms with van der Waals surface area (Å²) in [6.45, 7) is 6.59. The molecule has 8 N–H and O–H groups in total. The van der Waals surface area contributed by atoms with Gasteiger partial charge in [0.05, 0.1) is 25.2 Å². The second kappa shape index (κ2) is 16.7. The molecule has 1 unspecified atom stereocenters. The number of nitrogens with two attached hydrogens (primary N) is 2. The number of hydrogen-bond donors (Lipinski definition) is 6. The first kappa shape index (κ1) is 36.9. The lowest BCUT2D eigenvalue weighted by Crippen LogP contribution is -2.37. The fraction of sp³-hybridized carbons (Fsp3) is 0.522. The summed E-state index contributed by atoms with van der Waals surface area (Å²) >= 11 is 0. The molecule has 6 rings (SSSR count). The minimum atomic E-state index is -0.755. The maximum absolute atomic E-state index is 6.02. The van der Waals surface area contributed by atoms with E-state index in [4.69, 9.17) is 11.5 Å². The molecular weight excluding hydrogens is 724 g/mol. The quantitative estimate of drug-likeness (QED) is 0.0614. The van der Waals surface area contributed by atoms with Crippen molar-refractivity contribution < 1.29 is 0 Å². The molecule has 0 bridgehead atoms. The van der Waals surface area contributed by atoms with Crippen LogP contribution in [-0.2, 0) is 6.54 Å². The second-order valence-corrected chi connectivity index (χ2v) is 11.1. The Hall–Kier alpha value is -7.83. The van der Waals surface area contributed by atoms with Gasteiger partial charge in [0.2, 0.25) is 24.1 Å². The van der Waals surface area contributed by atoms with Crippen LogP contribution in [0.3, 0.4) is 0 Å². The number of hydrazone groups is 1. The minimum absolute atomic E-state index is 0.0260. The fourth-order valence-electron chi connectivity index (χ4n) is 4.00. The highest BCUT2D eigenvalue weighted by Crippen LogP contribution is 2.23. The van der Waals surface area contributed by atoms with Crippen molar-refractivity contribution in [1.82, 2.24) is 85.3 Å². The monoisotopic (exact) mass is 758 g/mol. The molecule has 0 amide bonds. The van der Waals surface area contributed by atoms with Crippen molar-refractivity contribution in [3.8, 4) is 5.95 Å². The first-order valence-electron chi connectivity index (χ1n) is 16.2. The highest BCUT2D eigenvalue weighted by Gasteiger charge is 2.24. The van der Waals surface area contributed by atoms with E-state index < -0.39 is 6.29 Å². The van der Waals surface area contributed by atoms with Crippen LogP contribution in [0.15, 0.2) is 56.2 Å². The van der Waals surface area contributed by atoms with E-state index in [0.29, 0.717) is 5.82 Å². The summed E-state index contributed by atoms with van der Waals surface area (Å²) in [6, 6.07) is 0. The molecule has 1 atom stereocenters. The summed E-state index contributed by atoms with van der Waals surface area (Å²) < 4.78 is 2.32. The van der Waals surface area contributed by atoms with Crippen LogP contribution in [0.1, 0.15) is 39.4 Å². The number of H-pyrrole nitrogens is 2. The third-order valence-electron chi connectivity index (χ3n) is 7.33. The topological polar surface area (TPSA) is 411 Å². The molecule has 1 aliphatic heterocycles. The number of aromatic nitrogens is 16. The van der Waals surface area contributed by atoms with Crippen molar-refractivity contribution in [2.24, 2.45) is 56.2 Å². The molecule has 5 aromatic heterocycles. The number of hydrogen-bond acceptors (Lipinski definition) is 28. The van der Waals surface area contributed by atoms with Gasteiger partial charge in [-0.15, -0.1) is 76.6 Å². The lowest BCUT2D eigenvalue weighted by molar-refractivity contribution is 0.265. The maximum atomic E-state index is 6.02. The van der Waals surface area contributed by atoms with Crippen LogP contribution in [0.2, 0.25) is 0 Å². The molecule has 32 nitrogen and oxygen atoms in total. The summed E-state index contributed by atoms with van der Waals surface area (Å²) in [4.78, 5) is 16.5. The first-order chi connectivity index (χ1) is 26.6. The standard InChI is InChI=1S/C23H34N32/c1-6-23(3,7-2)52-44-19-32-13(25)55(50-19)22-48-45-20(53(5)51-22)34-15-33-17(43-41-15)37-28-8-9-29-38-18-31-12(24)54(49-18)21-46-39-14(40-47-21)27-10-11-30-16(36-26-4)42-35-11/h20H,6-10H2,1-5H3,(H2,24,31,49)(H2,25,32,50)(H,27,39,40)(H,30,35,42)(H2,33,34,41,43). The van der Waals surface area contributed by atoms with E-state index in [1.807, 2.05) is 20.8 Å². The highest BCUT2D eigenvalue weighted by molar-refractivity contribution is 5.84. The summed E-state index contributed by atoms with van der Waals surface area (Å²) in [5.41, 5.74) is 11.6. The van der Waals surface area contributed by atoms with Gasteiger partial charge < -0.3 is 22.1 Å². The van der Waals surface area contributed by atoms with Crippen molar-refractivity contribution in [2.45, 2.75) is 52.0 Å². The summed E-state index contributed by atoms with van der Waals surface area (Å²) in [5, 5.41) is 89.2. The van der Waals surface area contributed by atoms with Gasteiger partial charge in [-0.05, 0) is 19.8 Å². The molecule has 5 aromatic rings. The van der Waals surface area contributed by atoms with Crippen LogP contribution in [0.4, 0.5) is 47.6 Å². The Morgan fingerprint density at radius 1 is 0.800 bits per heavy atom. The fourth-order valence-corrected chi connectivity index (χ4v) is 4.00. The number of anilines is 4. The van der Waals surface area contributed by atoms with Gasteiger partial charge in [-0.2, -0.15) is 49.8 Å². The first-order valence-corrected chi connectivity index (χ1v) is 16.2. The number of nitrogens with zero attached hydrogens (tertiary/aromatic N) is 26. The van der Waals surface area contributed by atoms with Gasteiger partial charge in [0.25, 0.3) is 41.6 Å². The number of nitrogen functional groups attached to an aromatic ring is 2. The molecule has 0 spiro atoms. The summed E-state index contributed by atoms with van der Waals surface area (Å²) in [6.07, 6.45) is 0.865. The predicted octanol–water partition coefficient (Wildman–Crippen LogP) is 1.61. The minimum Gasteiger partial charge on any atom is -0.368 e. The van der Waals surface area contributed by atoms with Crippen molar-refractivity contribution >= 4 is 53.5 Å². The molecule has 1 aliphatic rings. The predicted molar refractivity (Wildman–Crippen MR) is 187 cm³/mol. The van der Waals surface area contributed by atoms with Crippen LogP contribution in [0.5, 0.6) is 0 Å². The van der Waals surface area contributed by atoms with E-state index in [-0.39, 0.29) is 84.7 Å². The lowest BCUT2D eigenvalue weighted by Gasteiger charge is -2.24. The largest absolute Gasteiger partial charge is 0.368 e. The molecule has 0 fully saturated rings. The Morgan fingerprint density at radius 2 is 1.51 bits per heavy atom. The molecule has 55 heavy (non-hydrogen) atoms. The molecule has 32 heteroatoms. The van der Waals surface area contributed by atoms with E-state index in [1.54, 1.807) is 7.05 Å². The summed E-state index contributed by atoms with van der Waals surface area (Å²) in [5.74, 6) is 1.14. The zero-order valence-corrected chi connectivity index (χ0v) is 29.9. The Morgan fingerprint density at radius 3 is 2.24 bits per heavy atom. The van der Waals surface area contributed by atoms with Crippen LogP contribution in [0.25, 0.3) is 5.95 Å². The van der Waals surface area contributed by atoms with Crippen LogP contribution in [0, 0.1) is 0 Å². The Labute approximate surface area is 308 Å². The second-order valence-electron chi connectivity index (χ2n) is 11.1. The van der Waals surface area contributed by atoms with Gasteiger partial charge >= 0.3 is 0 Å². The van der Waals surface area contributed by atoms with Gasteiger partial charge in [0.15, 0.2) is 0 Å². The van der Waals surface area contributed by atoms with Crippen molar-refractivity contribution in [1.29, 1.82) is 0 Å². The zero-order valence-electron chi connectivity index (χ0n) is 29.9. The number of rotatable bonds is 16. The SMILES string of the molecule is CCC(C)(CC)N=Nc1nc(N)n(C2=NN(C)C(Nc3n[nH]c(N=NCCN=Nc4nc(N)n(-c5nnc(NCc6nc(N=NC)n[nH]6)nn5)n4)n3)N=N2)n1. The van der Waals surface area contributed by atoms with E-state index in [1.165, 1.54) is 16.7 Å². The Balaban J connectivity index is 0.945. The van der Waals surface area contributed by atoms with E-state index in [9.17, 15) is 0 Å². The summed E-state index contributed by atoms with van der Waals surface area (Å²) in [7, 11) is 3.17. The van der Waals surface area contributed by atoms with E-state index in [0.717, 1.165) is 17.5 Å². The average Bonchev–Trinajstić information content (AvgIpc) is 4.00. The molecule has 0 radical (unpaired) electrons. The molecule has 6 heterocycles. The van der Waals surface area contributed by atoms with Gasteiger partial charge in [-0.1, -0.05) is 13.8 Å². The van der Waals surface area contributed by atoms with Gasteiger partial charge in [0, 0.05) is 14.1 Å². The molecule has 0 saturated heterocycles. The van der Waals surface area contributed by atoms with Gasteiger partial charge in [-0.25, -0.2) is 5.10 Å². The van der Waals surface area contributed by atoms with Crippen LogP contribution < -0.4 is 22.1 Å². The van der Waals surface area contributed by atoms with Crippen molar-refractivity contribution in [2.75, 3.05) is 49.3 Å². The lowest BCUT2D eigenvalue weighted by atomic mass is 9.97. The van der Waals surface area contributed by atoms with E-state index in [2.05, 4.69) is 138 Å². The Kier molecular flexibility index (Phi) is 11.2. The molecular formula is C23H34N32. The maximum Gasteiger partial charge on any atom is 0.292 e. The number of nitrogens with one attached hydrogen (secondary N) is 4. The van der Waals surface area contributed by atoms with Gasteiger partial charge in [-0.3, -0.25) is 10.1 Å². The molecule has 0 aliphatic carbocycles. The average molecular weight is 759 g/mol. The smallest absolute Gasteiger partial charge is 0.292 e. The van der Waals surface area contributed by atoms with Crippen molar-refractivity contribution in [3.05, 3.63) is 5.82 Å². The molecule has 0 aromatic carbocycles. The third kappa shape index (κ3) is 9.35.